The molecule has 1 amide bonds. The number of rotatable bonds is 2. The molecule has 0 unspecified atom stereocenters. The zero-order valence-corrected chi connectivity index (χ0v) is 9.12. The second-order valence-corrected chi connectivity index (χ2v) is 3.85. The van der Waals surface area contributed by atoms with E-state index in [2.05, 4.69) is 0 Å². The molecule has 0 bridgehead atoms. The number of nitrogens with zero attached hydrogens (tertiary/aromatic N) is 2. The summed E-state index contributed by atoms with van der Waals surface area (Å²) in [5.74, 6) is -2.20. The number of hydrogen-bond donors (Lipinski definition) is 0. The third-order valence-corrected chi connectivity index (χ3v) is 2.81. The van der Waals surface area contributed by atoms with Gasteiger partial charge in [0.05, 0.1) is 5.69 Å². The van der Waals surface area contributed by atoms with Crippen molar-refractivity contribution in [3.05, 3.63) is 39.9 Å². The van der Waals surface area contributed by atoms with Crippen molar-refractivity contribution in [2.45, 2.75) is 0 Å². The molecule has 1 aromatic carbocycles. The Hall–Kier alpha value is -2.24. The highest BCUT2D eigenvalue weighted by molar-refractivity contribution is 6.21. The lowest BCUT2D eigenvalue weighted by molar-refractivity contribution is -0.482. The minimum absolute atomic E-state index is 0.362. The maximum atomic E-state index is 12.0. The van der Waals surface area contributed by atoms with Crippen LogP contribution in [0.2, 0.25) is 0 Å². The number of Topliss-reactive ketones (excluding diaryl/α,β-unsaturated/α-hetero) is 1. The summed E-state index contributed by atoms with van der Waals surface area (Å²) in [5, 5.41) is 10.5. The Kier molecular flexibility index (Phi) is 2.63. The van der Waals surface area contributed by atoms with Gasteiger partial charge in [-0.3, -0.25) is 19.7 Å². The van der Waals surface area contributed by atoms with Crippen LogP contribution in [-0.2, 0) is 4.79 Å². The van der Waals surface area contributed by atoms with Gasteiger partial charge in [0.2, 0.25) is 12.5 Å². The second kappa shape index (κ2) is 3.97. The quantitative estimate of drug-likeness (QED) is 0.429. The van der Waals surface area contributed by atoms with E-state index in [1.54, 1.807) is 24.3 Å². The van der Waals surface area contributed by atoms with E-state index in [0.29, 0.717) is 11.3 Å². The molecule has 0 fully saturated rings. The summed E-state index contributed by atoms with van der Waals surface area (Å²) < 4.78 is 0. The van der Waals surface area contributed by atoms with Gasteiger partial charge in [-0.1, -0.05) is 12.1 Å². The van der Waals surface area contributed by atoms with Crippen LogP contribution in [0.15, 0.2) is 24.3 Å². The van der Waals surface area contributed by atoms with Crippen LogP contribution in [0.25, 0.3) is 0 Å². The molecule has 6 nitrogen and oxygen atoms in total. The smallest absolute Gasteiger partial charge is 0.244 e. The summed E-state index contributed by atoms with van der Waals surface area (Å²) in [4.78, 5) is 34.9. The Morgan fingerprint density at radius 2 is 2.00 bits per heavy atom. The number of carbonyl (C=O) groups is 2. The van der Waals surface area contributed by atoms with Gasteiger partial charge < -0.3 is 4.90 Å². The first-order valence-corrected chi connectivity index (χ1v) is 5.05. The molecule has 17 heavy (non-hydrogen) atoms. The van der Waals surface area contributed by atoms with E-state index in [9.17, 15) is 19.7 Å². The van der Waals surface area contributed by atoms with Gasteiger partial charge in [-0.25, -0.2) is 0 Å². The number of fused-ring (bicyclic) bond motifs is 1. The van der Waals surface area contributed by atoms with Crippen molar-refractivity contribution in [3.63, 3.8) is 0 Å². The molecule has 1 heterocycles. The zero-order chi connectivity index (χ0) is 12.6. The zero-order valence-electron chi connectivity index (χ0n) is 9.12. The Morgan fingerprint density at radius 3 is 2.65 bits per heavy atom. The molecule has 1 aliphatic rings. The normalized spacial score (nSPS) is 19.1. The van der Waals surface area contributed by atoms with Crippen LogP contribution in [0, 0.1) is 16.0 Å². The first-order chi connectivity index (χ1) is 8.02. The average molecular weight is 234 g/mol. The lowest BCUT2D eigenvalue weighted by atomic mass is 9.90. The largest absolute Gasteiger partial charge is 0.314 e. The minimum atomic E-state index is -1.20. The predicted octanol–water partition coefficient (Wildman–Crippen LogP) is 0.739. The summed E-state index contributed by atoms with van der Waals surface area (Å²) in [6.45, 7) is -0.656. The highest BCUT2D eigenvalue weighted by Gasteiger charge is 2.40. The van der Waals surface area contributed by atoms with Gasteiger partial charge in [-0.15, -0.1) is 0 Å². The van der Waals surface area contributed by atoms with Gasteiger partial charge in [0.15, 0.2) is 11.7 Å². The molecule has 88 valence electrons. The summed E-state index contributed by atoms with van der Waals surface area (Å²) in [6, 6.07) is 6.61. The highest BCUT2D eigenvalue weighted by Crippen LogP contribution is 2.29. The molecule has 0 N–H and O–H groups in total. The van der Waals surface area contributed by atoms with Gasteiger partial charge in [-0.2, -0.15) is 0 Å². The van der Waals surface area contributed by atoms with Crippen molar-refractivity contribution in [2.24, 2.45) is 5.92 Å². The summed E-state index contributed by atoms with van der Waals surface area (Å²) >= 11 is 0. The summed E-state index contributed by atoms with van der Waals surface area (Å²) in [7, 11) is 1.51. The van der Waals surface area contributed by atoms with E-state index in [1.807, 2.05) is 0 Å². The molecule has 1 atom stereocenters. The molecule has 1 aromatic rings. The van der Waals surface area contributed by atoms with Crippen LogP contribution in [0.5, 0.6) is 0 Å². The second-order valence-electron chi connectivity index (χ2n) is 3.85. The predicted molar refractivity (Wildman–Crippen MR) is 59.5 cm³/mol. The fraction of sp³-hybridized carbons (Fsp3) is 0.273. The molecule has 0 radical (unpaired) electrons. The van der Waals surface area contributed by atoms with E-state index in [4.69, 9.17) is 0 Å². The van der Waals surface area contributed by atoms with Crippen molar-refractivity contribution in [3.8, 4) is 0 Å². The third-order valence-electron chi connectivity index (χ3n) is 2.81. The SMILES string of the molecule is CN1C(=O)[C@H](C[N+](=O)[O-])C(=O)c2ccccc21. The molecule has 0 spiro atoms. The molecular formula is C11H10N2O4. The van der Waals surface area contributed by atoms with E-state index in [-0.39, 0.29) is 0 Å². The van der Waals surface area contributed by atoms with Gasteiger partial charge >= 0.3 is 0 Å². The van der Waals surface area contributed by atoms with Gasteiger partial charge in [0.1, 0.15) is 0 Å². The first-order valence-electron chi connectivity index (χ1n) is 5.05. The molecule has 0 saturated heterocycles. The fourth-order valence-corrected chi connectivity index (χ4v) is 1.94. The first kappa shape index (κ1) is 11.3. The molecule has 0 aromatic heterocycles. The Balaban J connectivity index is 2.47. The van der Waals surface area contributed by atoms with Crippen LogP contribution >= 0.6 is 0 Å². The molecule has 0 aliphatic carbocycles. The number of anilines is 1. The number of nitro groups is 1. The van der Waals surface area contributed by atoms with E-state index in [0.717, 1.165) is 0 Å². The van der Waals surface area contributed by atoms with Crippen molar-refractivity contribution in [1.82, 2.24) is 0 Å². The molecule has 1 aliphatic heterocycles. The van der Waals surface area contributed by atoms with E-state index in [1.165, 1.54) is 11.9 Å². The maximum absolute atomic E-state index is 12.0. The topological polar surface area (TPSA) is 80.5 Å². The van der Waals surface area contributed by atoms with Crippen LogP contribution < -0.4 is 4.90 Å². The minimum Gasteiger partial charge on any atom is -0.314 e. The number of ketones is 1. The number of amides is 1. The lowest BCUT2D eigenvalue weighted by Gasteiger charge is -2.28. The van der Waals surface area contributed by atoms with Crippen molar-refractivity contribution in [2.75, 3.05) is 18.5 Å². The molecule has 0 saturated carbocycles. The summed E-state index contributed by atoms with van der Waals surface area (Å²) in [6.07, 6.45) is 0. The van der Waals surface area contributed by atoms with Gasteiger partial charge in [0.25, 0.3) is 0 Å². The maximum Gasteiger partial charge on any atom is 0.244 e. The molecular weight excluding hydrogens is 224 g/mol. The summed E-state index contributed by atoms with van der Waals surface area (Å²) in [5.41, 5.74) is 0.864. The molecule has 6 heteroatoms. The molecule has 2 rings (SSSR count). The average Bonchev–Trinajstić information content (AvgIpc) is 2.31. The van der Waals surface area contributed by atoms with Gasteiger partial charge in [0, 0.05) is 17.5 Å². The van der Waals surface area contributed by atoms with Crippen LogP contribution in [-0.4, -0.2) is 30.2 Å². The Labute approximate surface area is 97.0 Å². The monoisotopic (exact) mass is 234 g/mol. The Bertz CT molecular complexity index is 512. The highest BCUT2D eigenvalue weighted by atomic mass is 16.6. The van der Waals surface area contributed by atoms with Gasteiger partial charge in [-0.05, 0) is 12.1 Å². The number of carbonyl (C=O) groups excluding carboxylic acids is 2. The third kappa shape index (κ3) is 1.77. The fourth-order valence-electron chi connectivity index (χ4n) is 1.94. The van der Waals surface area contributed by atoms with Crippen molar-refractivity contribution >= 4 is 17.4 Å². The standard InChI is InChI=1S/C11H10N2O4/c1-12-9-5-3-2-4-7(9)10(14)8(11(12)15)6-13(16)17/h2-5,8H,6H2,1H3/t8-/m1/s1. The van der Waals surface area contributed by atoms with Crippen LogP contribution in [0.1, 0.15) is 10.4 Å². The Morgan fingerprint density at radius 1 is 1.35 bits per heavy atom. The van der Waals surface area contributed by atoms with Crippen molar-refractivity contribution in [1.29, 1.82) is 0 Å². The number of hydrogen-bond acceptors (Lipinski definition) is 4. The number of para-hydroxylation sites is 1. The van der Waals surface area contributed by atoms with Crippen molar-refractivity contribution < 1.29 is 14.5 Å². The van der Waals surface area contributed by atoms with E-state index < -0.39 is 29.1 Å². The van der Waals surface area contributed by atoms with E-state index >= 15 is 0 Å². The number of benzene rings is 1. The van der Waals surface area contributed by atoms with Crippen LogP contribution in [0.4, 0.5) is 5.69 Å². The lowest BCUT2D eigenvalue weighted by Crippen LogP contribution is -2.45. The van der Waals surface area contributed by atoms with Crippen LogP contribution in [0.3, 0.4) is 0 Å².